The van der Waals surface area contributed by atoms with E-state index in [9.17, 15) is 24.3 Å². The van der Waals surface area contributed by atoms with Gasteiger partial charge in [0.15, 0.2) is 0 Å². The monoisotopic (exact) mass is 491 g/mol. The number of carboxylic acid groups (broad SMARTS) is 1. The van der Waals surface area contributed by atoms with Crippen molar-refractivity contribution in [1.82, 2.24) is 0 Å². The zero-order valence-electron chi connectivity index (χ0n) is 19.9. The van der Waals surface area contributed by atoms with E-state index >= 15 is 0 Å². The fraction of sp³-hybridized carbons (Fsp3) is 0.185. The number of methoxy groups -OCH3 is 1. The highest BCUT2D eigenvalue weighted by Gasteiger charge is 2.41. The number of ether oxygens (including phenoxy) is 3. The molecule has 2 N–H and O–H groups in total. The second-order valence-corrected chi connectivity index (χ2v) is 7.95. The molecule has 9 nitrogen and oxygen atoms in total. The van der Waals surface area contributed by atoms with Crippen LogP contribution in [0.25, 0.3) is 0 Å². The number of benzene rings is 3. The predicted molar refractivity (Wildman–Crippen MR) is 130 cm³/mol. The third kappa shape index (κ3) is 6.69. The Morgan fingerprint density at radius 2 is 1.25 bits per heavy atom. The fourth-order valence-electron chi connectivity index (χ4n) is 3.29. The molecule has 0 saturated heterocycles. The van der Waals surface area contributed by atoms with Crippen LogP contribution in [-0.2, 0) is 19.1 Å². The van der Waals surface area contributed by atoms with Crippen LogP contribution in [0.5, 0.6) is 5.75 Å². The number of carbonyl (C=O) groups excluding carboxylic acids is 3. The number of carbonyl (C=O) groups is 4. The molecule has 0 saturated carbocycles. The van der Waals surface area contributed by atoms with Crippen LogP contribution < -0.4 is 10.1 Å². The molecule has 9 heteroatoms. The number of aliphatic carboxylic acids is 1. The zero-order valence-corrected chi connectivity index (χ0v) is 19.9. The van der Waals surface area contributed by atoms with Crippen LogP contribution in [0.1, 0.15) is 31.8 Å². The normalized spacial score (nSPS) is 12.1. The van der Waals surface area contributed by atoms with Crippen molar-refractivity contribution in [3.05, 3.63) is 95.1 Å². The van der Waals surface area contributed by atoms with Gasteiger partial charge in [-0.15, -0.1) is 0 Å². The number of hydrogen-bond donors (Lipinski definition) is 2. The average molecular weight is 491 g/mol. The van der Waals surface area contributed by atoms with Gasteiger partial charge in [-0.2, -0.15) is 0 Å². The Labute approximate surface area is 207 Å². The highest BCUT2D eigenvalue weighted by molar-refractivity contribution is 6.01. The van der Waals surface area contributed by atoms with E-state index in [4.69, 9.17) is 14.2 Å². The van der Waals surface area contributed by atoms with Gasteiger partial charge in [-0.05, 0) is 62.4 Å². The summed E-state index contributed by atoms with van der Waals surface area (Å²) in [6, 6.07) is 18.9. The SMILES string of the molecule is COc1ccc(NC(=O)C(OC(=O)c2cccc(C)c2)C(OC(=O)c2cccc(C)c2)C(=O)O)cc1. The minimum Gasteiger partial charge on any atom is -0.497 e. The number of amides is 1. The van der Waals surface area contributed by atoms with Gasteiger partial charge in [-0.3, -0.25) is 4.79 Å². The second-order valence-electron chi connectivity index (χ2n) is 7.95. The van der Waals surface area contributed by atoms with Crippen molar-refractivity contribution in [3.8, 4) is 5.75 Å². The highest BCUT2D eigenvalue weighted by atomic mass is 16.6. The van der Waals surface area contributed by atoms with Crippen molar-refractivity contribution >= 4 is 29.5 Å². The van der Waals surface area contributed by atoms with Crippen molar-refractivity contribution in [3.63, 3.8) is 0 Å². The number of hydrogen-bond acceptors (Lipinski definition) is 7. The lowest BCUT2D eigenvalue weighted by atomic mass is 10.1. The third-order valence-electron chi connectivity index (χ3n) is 5.11. The van der Waals surface area contributed by atoms with E-state index in [1.54, 1.807) is 50.2 Å². The van der Waals surface area contributed by atoms with E-state index < -0.39 is 36.0 Å². The van der Waals surface area contributed by atoms with E-state index in [1.165, 1.54) is 43.5 Å². The van der Waals surface area contributed by atoms with Gasteiger partial charge in [0.2, 0.25) is 12.2 Å². The Balaban J connectivity index is 1.91. The molecule has 186 valence electrons. The van der Waals surface area contributed by atoms with Crippen molar-refractivity contribution in [2.24, 2.45) is 0 Å². The fourth-order valence-corrected chi connectivity index (χ4v) is 3.29. The summed E-state index contributed by atoms with van der Waals surface area (Å²) in [4.78, 5) is 50.8. The minimum absolute atomic E-state index is 0.0839. The summed E-state index contributed by atoms with van der Waals surface area (Å²) < 4.78 is 15.6. The molecule has 3 aromatic carbocycles. The van der Waals surface area contributed by atoms with E-state index in [0.717, 1.165) is 11.1 Å². The number of anilines is 1. The maximum atomic E-state index is 13.1. The van der Waals surface area contributed by atoms with Gasteiger partial charge >= 0.3 is 17.9 Å². The Hall–Kier alpha value is -4.66. The lowest BCUT2D eigenvalue weighted by molar-refractivity contribution is -0.157. The summed E-state index contributed by atoms with van der Waals surface area (Å²) in [5.41, 5.74) is 1.97. The van der Waals surface area contributed by atoms with Crippen LogP contribution >= 0.6 is 0 Å². The molecule has 0 aromatic heterocycles. The van der Waals surface area contributed by atoms with Gasteiger partial charge in [0.05, 0.1) is 18.2 Å². The largest absolute Gasteiger partial charge is 0.497 e. The molecule has 36 heavy (non-hydrogen) atoms. The molecule has 3 rings (SSSR count). The first kappa shape index (κ1) is 26.0. The van der Waals surface area contributed by atoms with Crippen LogP contribution in [0.4, 0.5) is 5.69 Å². The molecule has 0 aliphatic rings. The second kappa shape index (κ2) is 11.7. The molecule has 0 aliphatic heterocycles. The Morgan fingerprint density at radius 1 is 0.750 bits per heavy atom. The summed E-state index contributed by atoms with van der Waals surface area (Å²) in [6.45, 7) is 3.51. The first-order valence-corrected chi connectivity index (χ1v) is 10.9. The van der Waals surface area contributed by atoms with Gasteiger partial charge < -0.3 is 24.6 Å². The van der Waals surface area contributed by atoms with Crippen molar-refractivity contribution in [2.45, 2.75) is 26.1 Å². The van der Waals surface area contributed by atoms with Crippen molar-refractivity contribution in [1.29, 1.82) is 0 Å². The first-order chi connectivity index (χ1) is 17.2. The number of nitrogens with one attached hydrogen (secondary N) is 1. The Bertz CT molecular complexity index is 1270. The lowest BCUT2D eigenvalue weighted by Crippen LogP contribution is -2.48. The summed E-state index contributed by atoms with van der Waals surface area (Å²) in [5, 5.41) is 12.3. The minimum atomic E-state index is -2.12. The average Bonchev–Trinajstić information content (AvgIpc) is 2.86. The van der Waals surface area contributed by atoms with Crippen molar-refractivity contribution in [2.75, 3.05) is 12.4 Å². The van der Waals surface area contributed by atoms with E-state index in [1.807, 2.05) is 0 Å². The predicted octanol–water partition coefficient (Wildman–Crippen LogP) is 3.79. The molecule has 3 aromatic rings. The molecule has 0 aliphatic carbocycles. The molecule has 2 atom stereocenters. The molecule has 0 radical (unpaired) electrons. The maximum absolute atomic E-state index is 13.1. The smallest absolute Gasteiger partial charge is 0.349 e. The van der Waals surface area contributed by atoms with E-state index in [-0.39, 0.29) is 16.8 Å². The van der Waals surface area contributed by atoms with Crippen LogP contribution in [0.15, 0.2) is 72.8 Å². The molecular weight excluding hydrogens is 466 g/mol. The third-order valence-corrected chi connectivity index (χ3v) is 5.11. The molecule has 0 spiro atoms. The van der Waals surface area contributed by atoms with Crippen LogP contribution in [0.2, 0.25) is 0 Å². The molecule has 0 bridgehead atoms. The summed E-state index contributed by atoms with van der Waals surface area (Å²) in [6.07, 6.45) is -4.11. The highest BCUT2D eigenvalue weighted by Crippen LogP contribution is 2.19. The maximum Gasteiger partial charge on any atom is 0.349 e. The topological polar surface area (TPSA) is 128 Å². The summed E-state index contributed by atoms with van der Waals surface area (Å²) in [5.74, 6) is -4.06. The van der Waals surface area contributed by atoms with Gasteiger partial charge in [0.25, 0.3) is 5.91 Å². The van der Waals surface area contributed by atoms with E-state index in [0.29, 0.717) is 5.75 Å². The van der Waals surface area contributed by atoms with Crippen molar-refractivity contribution < 1.29 is 38.5 Å². The van der Waals surface area contributed by atoms with Crippen LogP contribution in [0, 0.1) is 13.8 Å². The van der Waals surface area contributed by atoms with E-state index in [2.05, 4.69) is 5.32 Å². The molecule has 1 amide bonds. The number of rotatable bonds is 9. The Morgan fingerprint density at radius 3 is 1.69 bits per heavy atom. The van der Waals surface area contributed by atoms with Gasteiger partial charge in [-0.25, -0.2) is 14.4 Å². The molecule has 2 unspecified atom stereocenters. The lowest BCUT2D eigenvalue weighted by Gasteiger charge is -2.23. The van der Waals surface area contributed by atoms with Gasteiger partial charge in [-0.1, -0.05) is 35.4 Å². The summed E-state index contributed by atoms with van der Waals surface area (Å²) >= 11 is 0. The molecule has 0 heterocycles. The Kier molecular flexibility index (Phi) is 8.40. The first-order valence-electron chi connectivity index (χ1n) is 10.9. The molecule has 0 fully saturated rings. The number of esters is 2. The number of carboxylic acids is 1. The van der Waals surface area contributed by atoms with Crippen LogP contribution in [0.3, 0.4) is 0 Å². The molecular formula is C27H25NO8. The van der Waals surface area contributed by atoms with Gasteiger partial charge in [0, 0.05) is 5.69 Å². The number of aryl methyl sites for hydroxylation is 2. The van der Waals surface area contributed by atoms with Crippen LogP contribution in [-0.4, -0.2) is 48.2 Å². The summed E-state index contributed by atoms with van der Waals surface area (Å²) in [7, 11) is 1.48. The van der Waals surface area contributed by atoms with Gasteiger partial charge in [0.1, 0.15) is 5.75 Å². The standard InChI is InChI=1S/C27H25NO8/c1-16-6-4-8-18(14-16)26(32)35-22(24(29)28-20-10-12-21(34-3)13-11-20)23(25(30)31)36-27(33)19-9-5-7-17(2)15-19/h4-15,22-23H,1-3H3,(H,28,29)(H,30,31). The zero-order chi connectivity index (χ0) is 26.2. The quantitative estimate of drug-likeness (QED) is 0.433.